The van der Waals surface area contributed by atoms with Crippen LogP contribution in [0.5, 0.6) is 0 Å². The maximum atomic E-state index is 13.5. The van der Waals surface area contributed by atoms with Crippen molar-refractivity contribution in [3.8, 4) is 5.69 Å². The highest BCUT2D eigenvalue weighted by atomic mass is 32.2. The quantitative estimate of drug-likeness (QED) is 0.636. The molecular weight excluding hydrogens is 401 g/mol. The number of piperidine rings is 1. The van der Waals surface area contributed by atoms with Crippen molar-refractivity contribution in [2.24, 2.45) is 0 Å². The molecule has 2 aromatic rings. The average Bonchev–Trinajstić information content (AvgIpc) is 3.10. The second-order valence-corrected chi connectivity index (χ2v) is 9.73. The van der Waals surface area contributed by atoms with Crippen LogP contribution in [0.2, 0.25) is 0 Å². The molecule has 4 unspecified atom stereocenters. The molecule has 0 bridgehead atoms. The first-order chi connectivity index (χ1) is 14.2. The van der Waals surface area contributed by atoms with Crippen LogP contribution in [0, 0.1) is 5.82 Å². The van der Waals surface area contributed by atoms with Crippen LogP contribution >= 0.6 is 11.8 Å². The molecule has 6 nitrogen and oxygen atoms in total. The number of likely N-dealkylation sites (tertiary alicyclic amines) is 1. The molecular formula is C22H32FN5OS. The number of hydrogen-bond acceptors (Lipinski definition) is 5. The van der Waals surface area contributed by atoms with Crippen LogP contribution in [0.3, 0.4) is 0 Å². The summed E-state index contributed by atoms with van der Waals surface area (Å²) in [7, 11) is 3.96. The molecule has 1 amide bonds. The zero-order valence-electron chi connectivity index (χ0n) is 18.7. The minimum Gasteiger partial charge on any atom is -0.336 e. The van der Waals surface area contributed by atoms with E-state index in [1.807, 2.05) is 42.3 Å². The summed E-state index contributed by atoms with van der Waals surface area (Å²) >= 11 is 1.41. The summed E-state index contributed by atoms with van der Waals surface area (Å²) in [6.45, 7) is 8.23. The number of halogens is 1. The molecule has 1 aliphatic rings. The molecule has 2 heterocycles. The van der Waals surface area contributed by atoms with Gasteiger partial charge >= 0.3 is 0 Å². The van der Waals surface area contributed by atoms with E-state index in [2.05, 4.69) is 24.0 Å². The van der Waals surface area contributed by atoms with Gasteiger partial charge in [-0.3, -0.25) is 14.3 Å². The zero-order chi connectivity index (χ0) is 22.0. The van der Waals surface area contributed by atoms with Gasteiger partial charge in [0.05, 0.1) is 11.3 Å². The highest BCUT2D eigenvalue weighted by Crippen LogP contribution is 2.32. The SMILES string of the molecule is CC(Sc1nnc(C(C)N(C)C)n1-c1ccc(F)cc1)C(=O)N1C(C)CCCC1C. The molecule has 0 radical (unpaired) electrons. The number of carbonyl (C=O) groups excluding carboxylic acids is 1. The molecule has 30 heavy (non-hydrogen) atoms. The van der Waals surface area contributed by atoms with Crippen molar-refractivity contribution < 1.29 is 9.18 Å². The van der Waals surface area contributed by atoms with Crippen molar-refractivity contribution in [2.45, 2.75) is 75.5 Å². The molecule has 0 aliphatic carbocycles. The predicted molar refractivity (Wildman–Crippen MR) is 118 cm³/mol. The summed E-state index contributed by atoms with van der Waals surface area (Å²) in [6, 6.07) is 6.81. The van der Waals surface area contributed by atoms with E-state index in [9.17, 15) is 9.18 Å². The zero-order valence-corrected chi connectivity index (χ0v) is 19.5. The van der Waals surface area contributed by atoms with Crippen LogP contribution in [0.15, 0.2) is 29.4 Å². The Balaban J connectivity index is 1.91. The number of rotatable bonds is 6. The summed E-state index contributed by atoms with van der Waals surface area (Å²) in [5.41, 5.74) is 0.784. The lowest BCUT2D eigenvalue weighted by molar-refractivity contribution is -0.136. The average molecular weight is 434 g/mol. The van der Waals surface area contributed by atoms with Gasteiger partial charge < -0.3 is 4.90 Å². The Hall–Kier alpha value is -1.93. The van der Waals surface area contributed by atoms with Gasteiger partial charge in [-0.15, -0.1) is 10.2 Å². The number of nitrogens with zero attached hydrogens (tertiary/aromatic N) is 5. The predicted octanol–water partition coefficient (Wildman–Crippen LogP) is 4.30. The third-order valence-corrected chi connectivity index (χ3v) is 7.00. The highest BCUT2D eigenvalue weighted by Gasteiger charge is 2.33. The molecule has 1 fully saturated rings. The molecule has 8 heteroatoms. The number of benzene rings is 1. The lowest BCUT2D eigenvalue weighted by Crippen LogP contribution is -2.50. The van der Waals surface area contributed by atoms with Gasteiger partial charge in [0.2, 0.25) is 5.91 Å². The van der Waals surface area contributed by atoms with E-state index in [-0.39, 0.29) is 35.1 Å². The van der Waals surface area contributed by atoms with Crippen LogP contribution in [-0.2, 0) is 4.79 Å². The number of amides is 1. The molecule has 0 saturated carbocycles. The molecule has 1 aromatic carbocycles. The first-order valence-corrected chi connectivity index (χ1v) is 11.4. The minimum atomic E-state index is -0.293. The Bertz CT molecular complexity index is 859. The van der Waals surface area contributed by atoms with Crippen molar-refractivity contribution in [3.63, 3.8) is 0 Å². The second kappa shape index (κ2) is 9.47. The minimum absolute atomic E-state index is 0.00468. The van der Waals surface area contributed by atoms with Crippen LogP contribution < -0.4 is 0 Å². The van der Waals surface area contributed by atoms with Crippen LogP contribution in [0.1, 0.15) is 58.8 Å². The molecule has 1 saturated heterocycles. The van der Waals surface area contributed by atoms with Gasteiger partial charge in [0, 0.05) is 17.8 Å². The fraction of sp³-hybridized carbons (Fsp3) is 0.591. The third-order valence-electron chi connectivity index (χ3n) is 5.97. The number of aromatic nitrogens is 3. The van der Waals surface area contributed by atoms with Gasteiger partial charge in [-0.05, 0) is 85.3 Å². The lowest BCUT2D eigenvalue weighted by Gasteiger charge is -2.40. The normalized spacial score (nSPS) is 21.7. The van der Waals surface area contributed by atoms with E-state index in [0.717, 1.165) is 30.8 Å². The Kier molecular flexibility index (Phi) is 7.18. The maximum absolute atomic E-state index is 13.5. The van der Waals surface area contributed by atoms with E-state index in [1.54, 1.807) is 12.1 Å². The Labute approximate surface area is 182 Å². The summed E-state index contributed by atoms with van der Waals surface area (Å²) in [6.07, 6.45) is 3.26. The van der Waals surface area contributed by atoms with Crippen molar-refractivity contribution in [3.05, 3.63) is 35.9 Å². The summed E-state index contributed by atoms with van der Waals surface area (Å²) in [5, 5.41) is 9.18. The van der Waals surface area contributed by atoms with Crippen molar-refractivity contribution in [1.82, 2.24) is 24.6 Å². The Morgan fingerprint density at radius 3 is 2.30 bits per heavy atom. The van der Waals surface area contributed by atoms with Crippen LogP contribution in [-0.4, -0.2) is 61.9 Å². The molecule has 4 atom stereocenters. The molecule has 1 aliphatic heterocycles. The molecule has 0 spiro atoms. The standard InChI is InChI=1S/C22H32FN5OS/c1-14-8-7-9-15(2)27(14)21(29)17(4)30-22-25-24-20(16(3)26(5)6)28(22)19-12-10-18(23)11-13-19/h10-17H,7-9H2,1-6H3. The van der Waals surface area contributed by atoms with Crippen molar-refractivity contribution in [2.75, 3.05) is 14.1 Å². The number of hydrogen-bond donors (Lipinski definition) is 0. The van der Waals surface area contributed by atoms with Crippen molar-refractivity contribution in [1.29, 1.82) is 0 Å². The van der Waals surface area contributed by atoms with E-state index in [4.69, 9.17) is 0 Å². The Morgan fingerprint density at radius 2 is 1.73 bits per heavy atom. The van der Waals surface area contributed by atoms with Crippen molar-refractivity contribution >= 4 is 17.7 Å². The third kappa shape index (κ3) is 4.70. The molecule has 164 valence electrons. The summed E-state index contributed by atoms with van der Waals surface area (Å²) in [5.74, 6) is 0.601. The fourth-order valence-corrected chi connectivity index (χ4v) is 4.90. The van der Waals surface area contributed by atoms with Gasteiger partial charge in [-0.2, -0.15) is 0 Å². The highest BCUT2D eigenvalue weighted by molar-refractivity contribution is 8.00. The van der Waals surface area contributed by atoms with Gasteiger partial charge in [0.1, 0.15) is 5.82 Å². The maximum Gasteiger partial charge on any atom is 0.236 e. The largest absolute Gasteiger partial charge is 0.336 e. The summed E-state index contributed by atoms with van der Waals surface area (Å²) < 4.78 is 15.4. The van der Waals surface area contributed by atoms with Gasteiger partial charge in [-0.25, -0.2) is 4.39 Å². The first-order valence-electron chi connectivity index (χ1n) is 10.6. The van der Waals surface area contributed by atoms with Crippen LogP contribution in [0.25, 0.3) is 5.69 Å². The van der Waals surface area contributed by atoms with Crippen LogP contribution in [0.4, 0.5) is 4.39 Å². The lowest BCUT2D eigenvalue weighted by atomic mass is 9.97. The number of thioether (sulfide) groups is 1. The topological polar surface area (TPSA) is 54.3 Å². The van der Waals surface area contributed by atoms with E-state index in [1.165, 1.54) is 23.9 Å². The monoisotopic (exact) mass is 433 g/mol. The fourth-order valence-electron chi connectivity index (χ4n) is 3.97. The van der Waals surface area contributed by atoms with Gasteiger partial charge in [0.25, 0.3) is 0 Å². The smallest absolute Gasteiger partial charge is 0.236 e. The van der Waals surface area contributed by atoms with E-state index in [0.29, 0.717) is 5.16 Å². The molecule has 1 aromatic heterocycles. The van der Waals surface area contributed by atoms with Gasteiger partial charge in [-0.1, -0.05) is 11.8 Å². The molecule has 0 N–H and O–H groups in total. The van der Waals surface area contributed by atoms with E-state index >= 15 is 0 Å². The first kappa shape index (κ1) is 22.7. The van der Waals surface area contributed by atoms with Gasteiger partial charge in [0.15, 0.2) is 11.0 Å². The molecule has 3 rings (SSSR count). The summed E-state index contributed by atoms with van der Waals surface area (Å²) in [4.78, 5) is 17.3. The second-order valence-electron chi connectivity index (χ2n) is 8.43. The van der Waals surface area contributed by atoms with E-state index < -0.39 is 0 Å². The Morgan fingerprint density at radius 1 is 1.13 bits per heavy atom. The number of carbonyl (C=O) groups is 1.